The number of likely N-dealkylation sites (tertiary alicyclic amines) is 1. The Kier molecular flexibility index (Phi) is 6.04. The van der Waals surface area contributed by atoms with Crippen LogP contribution in [0.4, 0.5) is 0 Å². The van der Waals surface area contributed by atoms with Crippen LogP contribution in [0.5, 0.6) is 0 Å². The Hall–Kier alpha value is -2.21. The summed E-state index contributed by atoms with van der Waals surface area (Å²) in [6, 6.07) is 7.61. The van der Waals surface area contributed by atoms with E-state index in [1.165, 1.54) is 4.90 Å². The fraction of sp³-hybridized carbons (Fsp3) is 0.550. The molecule has 0 aliphatic carbocycles. The minimum Gasteiger partial charge on any atom is -0.336 e. The Morgan fingerprint density at radius 3 is 2.31 bits per heavy atom. The number of carbonyl (C=O) groups is 3. The van der Waals surface area contributed by atoms with Crippen molar-refractivity contribution < 1.29 is 14.4 Å². The molecule has 1 N–H and O–H groups in total. The minimum atomic E-state index is -0.116. The Morgan fingerprint density at radius 2 is 1.73 bits per heavy atom. The largest absolute Gasteiger partial charge is 0.336 e. The van der Waals surface area contributed by atoms with E-state index in [1.54, 1.807) is 0 Å². The van der Waals surface area contributed by atoms with Crippen molar-refractivity contribution in [3.63, 3.8) is 0 Å². The highest BCUT2D eigenvalue weighted by molar-refractivity contribution is 6.01. The van der Waals surface area contributed by atoms with Crippen LogP contribution in [-0.4, -0.2) is 53.2 Å². The highest BCUT2D eigenvalue weighted by Gasteiger charge is 2.29. The number of carbonyl (C=O) groups excluding carboxylic acids is 3. The van der Waals surface area contributed by atoms with E-state index in [0.29, 0.717) is 31.0 Å². The van der Waals surface area contributed by atoms with Crippen LogP contribution >= 0.6 is 0 Å². The van der Waals surface area contributed by atoms with Crippen LogP contribution in [0.25, 0.3) is 0 Å². The zero-order valence-electron chi connectivity index (χ0n) is 15.4. The predicted molar refractivity (Wildman–Crippen MR) is 98.5 cm³/mol. The van der Waals surface area contributed by atoms with Crippen molar-refractivity contribution in [1.82, 2.24) is 15.1 Å². The van der Waals surface area contributed by atoms with Gasteiger partial charge in [0.05, 0.1) is 6.54 Å². The molecule has 1 aromatic rings. The normalized spacial score (nSPS) is 18.4. The number of hydrogen-bond donors (Lipinski definition) is 1. The van der Waals surface area contributed by atoms with Gasteiger partial charge in [-0.05, 0) is 50.0 Å². The molecule has 2 heterocycles. The maximum absolute atomic E-state index is 13.0. The molecule has 3 amide bonds. The van der Waals surface area contributed by atoms with E-state index in [4.69, 9.17) is 0 Å². The van der Waals surface area contributed by atoms with Crippen LogP contribution in [0.1, 0.15) is 54.9 Å². The Bertz CT molecular complexity index is 649. The molecule has 0 bridgehead atoms. The fourth-order valence-electron chi connectivity index (χ4n) is 3.71. The minimum absolute atomic E-state index is 0.0682. The molecule has 0 atom stereocenters. The van der Waals surface area contributed by atoms with Gasteiger partial charge < -0.3 is 10.2 Å². The van der Waals surface area contributed by atoms with Crippen LogP contribution in [0.3, 0.4) is 0 Å². The molecule has 2 aliphatic heterocycles. The fourth-order valence-corrected chi connectivity index (χ4v) is 3.71. The van der Waals surface area contributed by atoms with Crippen molar-refractivity contribution in [1.29, 1.82) is 0 Å². The topological polar surface area (TPSA) is 69.7 Å². The molecule has 0 aromatic heterocycles. The SMILES string of the molecule is CCCN(C(=O)c1ccc(CN2C(=O)CCC2=O)cc1)C1CCNCC1. The van der Waals surface area contributed by atoms with Crippen molar-refractivity contribution >= 4 is 17.7 Å². The number of imide groups is 1. The van der Waals surface area contributed by atoms with Gasteiger partial charge in [0.2, 0.25) is 11.8 Å². The molecule has 0 saturated carbocycles. The second-order valence-electron chi connectivity index (χ2n) is 7.05. The van der Waals surface area contributed by atoms with Crippen molar-refractivity contribution in [3.8, 4) is 0 Å². The standard InChI is InChI=1S/C20H27N3O3/c1-2-13-22(17-9-11-21-12-10-17)20(26)16-5-3-15(4-6-16)14-23-18(24)7-8-19(23)25/h3-6,17,21H,2,7-14H2,1H3. The molecule has 1 aromatic carbocycles. The van der Waals surface area contributed by atoms with Crippen LogP contribution in [0.2, 0.25) is 0 Å². The van der Waals surface area contributed by atoms with Gasteiger partial charge in [0.15, 0.2) is 0 Å². The number of rotatable bonds is 6. The van der Waals surface area contributed by atoms with E-state index in [1.807, 2.05) is 29.2 Å². The van der Waals surface area contributed by atoms with Gasteiger partial charge in [0.25, 0.3) is 5.91 Å². The monoisotopic (exact) mass is 357 g/mol. The summed E-state index contributed by atoms with van der Waals surface area (Å²) >= 11 is 0. The van der Waals surface area contributed by atoms with Gasteiger partial charge in [-0.1, -0.05) is 19.1 Å². The molecule has 0 radical (unpaired) electrons. The van der Waals surface area contributed by atoms with E-state index in [9.17, 15) is 14.4 Å². The van der Waals surface area contributed by atoms with Gasteiger partial charge in [-0.2, -0.15) is 0 Å². The maximum Gasteiger partial charge on any atom is 0.254 e. The molecule has 3 rings (SSSR count). The molecular formula is C20H27N3O3. The number of nitrogens with zero attached hydrogens (tertiary/aromatic N) is 2. The van der Waals surface area contributed by atoms with E-state index in [0.717, 1.165) is 44.5 Å². The second-order valence-corrected chi connectivity index (χ2v) is 7.05. The summed E-state index contributed by atoms with van der Waals surface area (Å²) in [6.45, 7) is 5.06. The highest BCUT2D eigenvalue weighted by atomic mass is 16.2. The van der Waals surface area contributed by atoms with Crippen LogP contribution < -0.4 is 5.32 Å². The summed E-state index contributed by atoms with van der Waals surface area (Å²) in [4.78, 5) is 39.8. The van der Waals surface area contributed by atoms with Crippen LogP contribution in [-0.2, 0) is 16.1 Å². The van der Waals surface area contributed by atoms with Gasteiger partial charge in [-0.3, -0.25) is 19.3 Å². The van der Waals surface area contributed by atoms with E-state index in [-0.39, 0.29) is 17.7 Å². The smallest absolute Gasteiger partial charge is 0.254 e. The van der Waals surface area contributed by atoms with E-state index < -0.39 is 0 Å². The molecule has 26 heavy (non-hydrogen) atoms. The molecule has 2 saturated heterocycles. The summed E-state index contributed by atoms with van der Waals surface area (Å²) in [5.74, 6) is -0.163. The first kappa shape index (κ1) is 18.6. The Morgan fingerprint density at radius 1 is 1.12 bits per heavy atom. The summed E-state index contributed by atoms with van der Waals surface area (Å²) in [6.07, 6.45) is 3.52. The lowest BCUT2D eigenvalue weighted by Gasteiger charge is -2.34. The summed E-state index contributed by atoms with van der Waals surface area (Å²) in [5.41, 5.74) is 1.54. The quantitative estimate of drug-likeness (QED) is 0.790. The third-order valence-corrected chi connectivity index (χ3v) is 5.17. The predicted octanol–water partition coefficient (Wildman–Crippen LogP) is 1.94. The molecule has 0 spiro atoms. The first-order valence-electron chi connectivity index (χ1n) is 9.54. The first-order chi connectivity index (χ1) is 12.6. The van der Waals surface area contributed by atoms with Gasteiger partial charge >= 0.3 is 0 Å². The number of benzene rings is 1. The van der Waals surface area contributed by atoms with E-state index >= 15 is 0 Å². The average Bonchev–Trinajstić information content (AvgIpc) is 2.99. The Balaban J connectivity index is 1.68. The highest BCUT2D eigenvalue weighted by Crippen LogP contribution is 2.19. The number of hydrogen-bond acceptors (Lipinski definition) is 4. The summed E-state index contributed by atoms with van der Waals surface area (Å²) in [5, 5.41) is 3.34. The van der Waals surface area contributed by atoms with Crippen molar-refractivity contribution in [3.05, 3.63) is 35.4 Å². The molecule has 140 valence electrons. The van der Waals surface area contributed by atoms with Gasteiger partial charge in [-0.25, -0.2) is 0 Å². The third kappa shape index (κ3) is 4.12. The van der Waals surface area contributed by atoms with Gasteiger partial charge in [-0.15, -0.1) is 0 Å². The van der Waals surface area contributed by atoms with Gasteiger partial charge in [0, 0.05) is 31.0 Å². The lowest BCUT2D eigenvalue weighted by Crippen LogP contribution is -2.46. The molecule has 6 heteroatoms. The van der Waals surface area contributed by atoms with Crippen molar-refractivity contribution in [2.75, 3.05) is 19.6 Å². The zero-order valence-corrected chi connectivity index (χ0v) is 15.4. The van der Waals surface area contributed by atoms with Gasteiger partial charge in [0.1, 0.15) is 0 Å². The molecule has 6 nitrogen and oxygen atoms in total. The second kappa shape index (κ2) is 8.45. The molecule has 2 aliphatic rings. The Labute approximate surface area is 154 Å². The maximum atomic E-state index is 13.0. The zero-order chi connectivity index (χ0) is 18.5. The summed E-state index contributed by atoms with van der Waals surface area (Å²) in [7, 11) is 0. The van der Waals surface area contributed by atoms with E-state index in [2.05, 4.69) is 12.2 Å². The lowest BCUT2D eigenvalue weighted by molar-refractivity contribution is -0.139. The molecule has 2 fully saturated rings. The molecular weight excluding hydrogens is 330 g/mol. The van der Waals surface area contributed by atoms with Crippen LogP contribution in [0.15, 0.2) is 24.3 Å². The third-order valence-electron chi connectivity index (χ3n) is 5.17. The summed E-state index contributed by atoms with van der Waals surface area (Å²) < 4.78 is 0. The van der Waals surface area contributed by atoms with Crippen LogP contribution in [0, 0.1) is 0 Å². The number of piperidine rings is 1. The van der Waals surface area contributed by atoms with Crippen molar-refractivity contribution in [2.45, 2.75) is 51.6 Å². The average molecular weight is 357 g/mol. The number of nitrogens with one attached hydrogen (secondary N) is 1. The molecule has 0 unspecified atom stereocenters. The first-order valence-corrected chi connectivity index (χ1v) is 9.54. The van der Waals surface area contributed by atoms with Crippen molar-refractivity contribution in [2.24, 2.45) is 0 Å². The number of amides is 3. The lowest BCUT2D eigenvalue weighted by atomic mass is 10.0.